The summed E-state index contributed by atoms with van der Waals surface area (Å²) in [7, 11) is 0. The minimum absolute atomic E-state index is 0.457. The van der Waals surface area contributed by atoms with Gasteiger partial charge >= 0.3 is 5.97 Å². The summed E-state index contributed by atoms with van der Waals surface area (Å²) in [6.07, 6.45) is -1.14. The average molecular weight is 269 g/mol. The van der Waals surface area contributed by atoms with E-state index >= 15 is 0 Å². The zero-order valence-corrected chi connectivity index (χ0v) is 10.7. The number of benzene rings is 1. The second-order valence-electron chi connectivity index (χ2n) is 3.76. The maximum atomic E-state index is 11.5. The quantitative estimate of drug-likeness (QED) is 0.753. The number of aliphatic carboxylic acids is 1. The van der Waals surface area contributed by atoms with Crippen molar-refractivity contribution >= 4 is 23.0 Å². The highest BCUT2D eigenvalue weighted by molar-refractivity contribution is 8.12. The van der Waals surface area contributed by atoms with Gasteiger partial charge in [0.05, 0.1) is 6.10 Å². The number of aliphatic hydroxyl groups is 1. The van der Waals surface area contributed by atoms with Gasteiger partial charge in [-0.15, -0.1) is 0 Å². The monoisotopic (exact) mass is 269 g/mol. The Morgan fingerprint density at radius 1 is 1.33 bits per heavy atom. The van der Waals surface area contributed by atoms with Crippen LogP contribution >= 0.6 is 11.8 Å². The van der Waals surface area contributed by atoms with Crippen LogP contribution in [0, 0.1) is 0 Å². The predicted octanol–water partition coefficient (Wildman–Crippen LogP) is 1.46. The van der Waals surface area contributed by atoms with Gasteiger partial charge in [0.2, 0.25) is 0 Å². The number of carbonyl (C=O) groups excluding carboxylic acids is 1. The van der Waals surface area contributed by atoms with Gasteiger partial charge in [-0.25, -0.2) is 4.79 Å². The SMILES string of the molecule is C[C@H](O)[C@@H](NC(=O)SCc1ccccc1)C(=O)O. The first-order valence-electron chi connectivity index (χ1n) is 5.39. The molecule has 0 aliphatic carbocycles. The van der Waals surface area contributed by atoms with Crippen molar-refractivity contribution in [3.8, 4) is 0 Å². The van der Waals surface area contributed by atoms with Crippen LogP contribution in [0.1, 0.15) is 12.5 Å². The van der Waals surface area contributed by atoms with E-state index < -0.39 is 23.4 Å². The summed E-state index contributed by atoms with van der Waals surface area (Å²) in [5.74, 6) is -0.794. The Bertz CT molecular complexity index is 408. The van der Waals surface area contributed by atoms with E-state index in [-0.39, 0.29) is 0 Å². The summed E-state index contributed by atoms with van der Waals surface area (Å²) in [4.78, 5) is 22.3. The molecule has 2 atom stereocenters. The Labute approximate surface area is 109 Å². The molecule has 98 valence electrons. The molecular formula is C12H15NO4S. The van der Waals surface area contributed by atoms with Crippen molar-refractivity contribution in [3.63, 3.8) is 0 Å². The predicted molar refractivity (Wildman–Crippen MR) is 69.4 cm³/mol. The van der Waals surface area contributed by atoms with E-state index in [0.717, 1.165) is 17.3 Å². The van der Waals surface area contributed by atoms with Crippen molar-refractivity contribution in [3.05, 3.63) is 35.9 Å². The minimum atomic E-state index is -1.28. The number of amides is 1. The van der Waals surface area contributed by atoms with E-state index in [1.165, 1.54) is 6.92 Å². The molecule has 0 spiro atoms. The van der Waals surface area contributed by atoms with Crippen LogP contribution in [0.4, 0.5) is 4.79 Å². The lowest BCUT2D eigenvalue weighted by atomic mass is 10.2. The van der Waals surface area contributed by atoms with E-state index in [1.54, 1.807) is 0 Å². The Morgan fingerprint density at radius 2 is 1.94 bits per heavy atom. The average Bonchev–Trinajstić information content (AvgIpc) is 2.34. The second kappa shape index (κ2) is 7.03. The maximum absolute atomic E-state index is 11.5. The lowest BCUT2D eigenvalue weighted by molar-refractivity contribution is -0.141. The van der Waals surface area contributed by atoms with Gasteiger partial charge in [-0.05, 0) is 12.5 Å². The van der Waals surface area contributed by atoms with E-state index in [4.69, 9.17) is 5.11 Å². The first-order chi connectivity index (χ1) is 8.50. The van der Waals surface area contributed by atoms with Crippen LogP contribution in [-0.2, 0) is 10.5 Å². The molecule has 1 rings (SSSR count). The van der Waals surface area contributed by atoms with E-state index in [0.29, 0.717) is 5.75 Å². The molecule has 1 amide bonds. The van der Waals surface area contributed by atoms with Crippen LogP contribution in [0.25, 0.3) is 0 Å². The molecule has 1 aromatic carbocycles. The molecule has 0 radical (unpaired) electrons. The van der Waals surface area contributed by atoms with Gasteiger partial charge in [0.25, 0.3) is 5.24 Å². The fraction of sp³-hybridized carbons (Fsp3) is 0.333. The largest absolute Gasteiger partial charge is 0.480 e. The topological polar surface area (TPSA) is 86.6 Å². The molecule has 0 aromatic heterocycles. The number of carboxylic acid groups (broad SMARTS) is 1. The molecule has 1 aromatic rings. The fourth-order valence-electron chi connectivity index (χ4n) is 1.28. The van der Waals surface area contributed by atoms with Crippen LogP contribution < -0.4 is 5.32 Å². The molecule has 3 N–H and O–H groups in total. The van der Waals surface area contributed by atoms with Gasteiger partial charge in [-0.2, -0.15) is 0 Å². The van der Waals surface area contributed by atoms with E-state index in [1.807, 2.05) is 30.3 Å². The third-order valence-electron chi connectivity index (χ3n) is 2.23. The van der Waals surface area contributed by atoms with Gasteiger partial charge < -0.3 is 15.5 Å². The fourth-order valence-corrected chi connectivity index (χ4v) is 1.98. The van der Waals surface area contributed by atoms with Crippen molar-refractivity contribution < 1.29 is 19.8 Å². The number of aliphatic hydroxyl groups excluding tert-OH is 1. The lowest BCUT2D eigenvalue weighted by Crippen LogP contribution is -2.46. The molecule has 0 saturated carbocycles. The molecule has 0 unspecified atom stereocenters. The van der Waals surface area contributed by atoms with Gasteiger partial charge in [0.15, 0.2) is 6.04 Å². The number of carbonyl (C=O) groups is 2. The standard InChI is InChI=1S/C12H15NO4S/c1-8(14)10(11(15)16)13-12(17)18-7-9-5-3-2-4-6-9/h2-6,8,10,14H,7H2,1H3,(H,13,17)(H,15,16)/t8-,10+/m0/s1. The first-order valence-corrected chi connectivity index (χ1v) is 6.37. The molecule has 0 saturated heterocycles. The first kappa shape index (κ1) is 14.5. The van der Waals surface area contributed by atoms with Crippen LogP contribution in [0.5, 0.6) is 0 Å². The van der Waals surface area contributed by atoms with Crippen LogP contribution in [0.3, 0.4) is 0 Å². The van der Waals surface area contributed by atoms with Crippen LogP contribution in [0.2, 0.25) is 0 Å². The molecule has 0 bridgehead atoms. The van der Waals surface area contributed by atoms with Gasteiger partial charge in [-0.1, -0.05) is 42.1 Å². The van der Waals surface area contributed by atoms with E-state index in [9.17, 15) is 14.7 Å². The van der Waals surface area contributed by atoms with Crippen molar-refractivity contribution in [1.82, 2.24) is 5.32 Å². The van der Waals surface area contributed by atoms with E-state index in [2.05, 4.69) is 5.32 Å². The third kappa shape index (κ3) is 4.77. The minimum Gasteiger partial charge on any atom is -0.480 e. The molecule has 0 aliphatic rings. The number of thioether (sulfide) groups is 1. The molecule has 5 nitrogen and oxygen atoms in total. The third-order valence-corrected chi connectivity index (χ3v) is 3.09. The molecule has 0 fully saturated rings. The number of carboxylic acids is 1. The molecule has 6 heteroatoms. The summed E-state index contributed by atoms with van der Waals surface area (Å²) >= 11 is 0.968. The van der Waals surface area contributed by atoms with Gasteiger partial charge in [0.1, 0.15) is 0 Å². The Kier molecular flexibility index (Phi) is 5.67. The molecular weight excluding hydrogens is 254 g/mol. The van der Waals surface area contributed by atoms with Crippen LogP contribution in [-0.4, -0.2) is 33.6 Å². The number of nitrogens with one attached hydrogen (secondary N) is 1. The van der Waals surface area contributed by atoms with Crippen molar-refractivity contribution in [2.75, 3.05) is 0 Å². The highest BCUT2D eigenvalue weighted by Gasteiger charge is 2.24. The summed E-state index contributed by atoms with van der Waals surface area (Å²) in [6.45, 7) is 1.32. The van der Waals surface area contributed by atoms with Crippen molar-refractivity contribution in [2.45, 2.75) is 24.8 Å². The summed E-state index contributed by atoms with van der Waals surface area (Å²) in [5, 5.41) is 19.8. The van der Waals surface area contributed by atoms with Gasteiger partial charge in [-0.3, -0.25) is 4.79 Å². The molecule has 0 heterocycles. The zero-order chi connectivity index (χ0) is 13.5. The summed E-state index contributed by atoms with van der Waals surface area (Å²) in [6, 6.07) is 8.09. The van der Waals surface area contributed by atoms with Crippen molar-refractivity contribution in [2.24, 2.45) is 0 Å². The highest BCUT2D eigenvalue weighted by atomic mass is 32.2. The Morgan fingerprint density at radius 3 is 2.44 bits per heavy atom. The normalized spacial score (nSPS) is 13.7. The molecule has 0 aliphatic heterocycles. The summed E-state index contributed by atoms with van der Waals surface area (Å²) in [5.41, 5.74) is 0.974. The van der Waals surface area contributed by atoms with Crippen molar-refractivity contribution in [1.29, 1.82) is 0 Å². The van der Waals surface area contributed by atoms with Crippen LogP contribution in [0.15, 0.2) is 30.3 Å². The Hall–Kier alpha value is -1.53. The second-order valence-corrected chi connectivity index (χ2v) is 4.71. The van der Waals surface area contributed by atoms with Gasteiger partial charge in [0, 0.05) is 5.75 Å². The zero-order valence-electron chi connectivity index (χ0n) is 9.87. The molecule has 18 heavy (non-hydrogen) atoms. The summed E-state index contributed by atoms with van der Waals surface area (Å²) < 4.78 is 0. The highest BCUT2D eigenvalue weighted by Crippen LogP contribution is 2.12. The number of hydrogen-bond donors (Lipinski definition) is 3. The number of rotatable bonds is 5. The smallest absolute Gasteiger partial charge is 0.328 e. The Balaban J connectivity index is 2.44. The lowest BCUT2D eigenvalue weighted by Gasteiger charge is -2.16. The number of hydrogen-bond acceptors (Lipinski definition) is 4. The maximum Gasteiger partial charge on any atom is 0.328 e.